The van der Waals surface area contributed by atoms with Gasteiger partial charge in [-0.25, -0.2) is 0 Å². The van der Waals surface area contributed by atoms with Gasteiger partial charge in [-0.3, -0.25) is 15.0 Å². The number of hydrogen-bond acceptors (Lipinski definition) is 5. The van der Waals surface area contributed by atoms with Crippen LogP contribution >= 0.6 is 11.6 Å². The summed E-state index contributed by atoms with van der Waals surface area (Å²) < 4.78 is 0. The number of carbonyl (C=O) groups is 2. The zero-order chi connectivity index (χ0) is 17.4. The van der Waals surface area contributed by atoms with Crippen molar-refractivity contribution in [3.05, 3.63) is 46.8 Å². The number of likely N-dealkylation sites (N-methyl/N-ethyl adjacent to an activating group) is 1. The van der Waals surface area contributed by atoms with Crippen LogP contribution < -0.4 is 10.7 Å². The molecular formula is C16H21ClN4O2. The van der Waals surface area contributed by atoms with Crippen molar-refractivity contribution in [2.75, 3.05) is 20.6 Å². The molecule has 124 valence electrons. The fourth-order valence-electron chi connectivity index (χ4n) is 1.97. The van der Waals surface area contributed by atoms with E-state index in [1.54, 1.807) is 19.1 Å². The highest BCUT2D eigenvalue weighted by atomic mass is 35.5. The Hall–Kier alpha value is -2.18. The molecule has 0 saturated carbocycles. The number of nitrogens with one attached hydrogen (secondary N) is 2. The first kappa shape index (κ1) is 18.9. The lowest BCUT2D eigenvalue weighted by Crippen LogP contribution is -2.31. The van der Waals surface area contributed by atoms with Crippen molar-refractivity contribution in [1.82, 2.24) is 15.6 Å². The van der Waals surface area contributed by atoms with Gasteiger partial charge >= 0.3 is 0 Å². The van der Waals surface area contributed by atoms with Gasteiger partial charge in [0.2, 0.25) is 0 Å². The quantitative estimate of drug-likeness (QED) is 0.421. The third kappa shape index (κ3) is 5.50. The molecule has 1 heterocycles. The topological polar surface area (TPSA) is 73.8 Å². The molecule has 0 bridgehead atoms. The number of carbonyl (C=O) groups excluding carboxylic acids is 2. The van der Waals surface area contributed by atoms with Crippen molar-refractivity contribution in [1.29, 1.82) is 0 Å². The van der Waals surface area contributed by atoms with Crippen molar-refractivity contribution >= 4 is 29.5 Å². The number of halogens is 1. The lowest BCUT2D eigenvalue weighted by atomic mass is 10.1. The van der Waals surface area contributed by atoms with Crippen LogP contribution in [0, 0.1) is 0 Å². The molecule has 0 aromatic carbocycles. The van der Waals surface area contributed by atoms with Gasteiger partial charge in [0.25, 0.3) is 5.91 Å². The zero-order valence-electron chi connectivity index (χ0n) is 13.5. The first-order chi connectivity index (χ1) is 10.9. The molecular weight excluding hydrogens is 316 g/mol. The highest BCUT2D eigenvalue weighted by Gasteiger charge is 2.20. The van der Waals surface area contributed by atoms with Crippen LogP contribution in [0.2, 0.25) is 0 Å². The van der Waals surface area contributed by atoms with Gasteiger partial charge < -0.3 is 10.2 Å². The summed E-state index contributed by atoms with van der Waals surface area (Å²) in [5, 5.41) is 6.89. The first-order valence-electron chi connectivity index (χ1n) is 7.03. The molecule has 0 fully saturated rings. The Morgan fingerprint density at radius 3 is 2.78 bits per heavy atom. The van der Waals surface area contributed by atoms with Crippen molar-refractivity contribution in [2.24, 2.45) is 5.10 Å². The lowest BCUT2D eigenvalue weighted by Gasteiger charge is -2.18. The summed E-state index contributed by atoms with van der Waals surface area (Å²) in [6.07, 6.45) is 5.70. The summed E-state index contributed by atoms with van der Waals surface area (Å²) in [6.45, 7) is 6.04. The van der Waals surface area contributed by atoms with E-state index in [4.69, 9.17) is 11.6 Å². The summed E-state index contributed by atoms with van der Waals surface area (Å²) in [4.78, 5) is 25.3. The standard InChI is InChI=1S/C16H21ClN4O2/c1-5-11(9-21(3)4)15(14(17)6-2)16(23)19-12-7-13(10-22)20-18-8-12/h5-6,8,10,18H,1,7,9H2,2-4H3,(H,19,23)/b14-6+,15-11-. The summed E-state index contributed by atoms with van der Waals surface area (Å²) in [5.41, 5.74) is 4.50. The van der Waals surface area contributed by atoms with E-state index in [2.05, 4.69) is 22.4 Å². The number of nitrogens with zero attached hydrogens (tertiary/aromatic N) is 2. The van der Waals surface area contributed by atoms with Gasteiger partial charge in [0.15, 0.2) is 6.29 Å². The molecule has 23 heavy (non-hydrogen) atoms. The molecule has 1 amide bonds. The average Bonchev–Trinajstić information content (AvgIpc) is 2.53. The van der Waals surface area contributed by atoms with Crippen LogP contribution in [0.5, 0.6) is 0 Å². The number of aldehydes is 1. The minimum Gasteiger partial charge on any atom is -0.324 e. The highest BCUT2D eigenvalue weighted by Crippen LogP contribution is 2.21. The fourth-order valence-corrected chi connectivity index (χ4v) is 2.18. The summed E-state index contributed by atoms with van der Waals surface area (Å²) in [7, 11) is 3.78. The number of rotatable bonds is 7. The Kier molecular flexibility index (Phi) is 7.44. The zero-order valence-corrected chi connectivity index (χ0v) is 14.3. The molecule has 0 aromatic rings. The monoisotopic (exact) mass is 336 g/mol. The van der Waals surface area contributed by atoms with E-state index in [1.165, 1.54) is 6.20 Å². The van der Waals surface area contributed by atoms with Gasteiger partial charge in [-0.05, 0) is 26.6 Å². The van der Waals surface area contributed by atoms with Crippen molar-refractivity contribution in [3.8, 4) is 0 Å². The molecule has 1 aliphatic rings. The van der Waals surface area contributed by atoms with Crippen LogP contribution in [-0.2, 0) is 9.59 Å². The minimum atomic E-state index is -0.356. The molecule has 0 atom stereocenters. The molecule has 0 saturated heterocycles. The molecule has 7 heteroatoms. The van der Waals surface area contributed by atoms with Gasteiger partial charge in [0.1, 0.15) is 5.71 Å². The van der Waals surface area contributed by atoms with Gasteiger partial charge in [-0.2, -0.15) is 5.10 Å². The van der Waals surface area contributed by atoms with Crippen molar-refractivity contribution in [3.63, 3.8) is 0 Å². The Morgan fingerprint density at radius 1 is 1.57 bits per heavy atom. The van der Waals surface area contributed by atoms with Gasteiger partial charge in [0, 0.05) is 29.9 Å². The van der Waals surface area contributed by atoms with E-state index in [1.807, 2.05) is 19.0 Å². The predicted molar refractivity (Wildman–Crippen MR) is 92.9 cm³/mol. The minimum absolute atomic E-state index is 0.250. The highest BCUT2D eigenvalue weighted by molar-refractivity contribution is 6.35. The second-order valence-electron chi connectivity index (χ2n) is 5.13. The summed E-state index contributed by atoms with van der Waals surface area (Å²) in [5.74, 6) is -0.356. The maximum atomic E-state index is 12.6. The van der Waals surface area contributed by atoms with Crippen LogP contribution in [0.1, 0.15) is 13.3 Å². The fraction of sp³-hybridized carbons (Fsp3) is 0.312. The maximum Gasteiger partial charge on any atom is 0.257 e. The van der Waals surface area contributed by atoms with Gasteiger partial charge in [-0.15, -0.1) is 0 Å². The lowest BCUT2D eigenvalue weighted by molar-refractivity contribution is -0.116. The molecule has 1 aliphatic heterocycles. The molecule has 2 N–H and O–H groups in total. The Labute approximate surface area is 141 Å². The molecule has 0 radical (unpaired) electrons. The molecule has 0 aromatic heterocycles. The van der Waals surface area contributed by atoms with E-state index >= 15 is 0 Å². The summed E-state index contributed by atoms with van der Waals surface area (Å²) in [6, 6.07) is 0. The molecule has 0 aliphatic carbocycles. The molecule has 6 nitrogen and oxygen atoms in total. The molecule has 1 rings (SSSR count). The van der Waals surface area contributed by atoms with Crippen LogP contribution in [0.25, 0.3) is 0 Å². The third-order valence-corrected chi connectivity index (χ3v) is 3.41. The maximum absolute atomic E-state index is 12.6. The Bertz CT molecular complexity index is 616. The third-order valence-electron chi connectivity index (χ3n) is 3.00. The SMILES string of the molecule is C=C/C(CN(C)C)=C(C(=O)NC1=CNN=C(C=O)C1)\C(Cl)=C/C. The van der Waals surface area contributed by atoms with Gasteiger partial charge in [0.05, 0.1) is 5.57 Å². The van der Waals surface area contributed by atoms with E-state index in [0.29, 0.717) is 40.4 Å². The van der Waals surface area contributed by atoms with Crippen LogP contribution in [0.3, 0.4) is 0 Å². The largest absolute Gasteiger partial charge is 0.324 e. The Morgan fingerprint density at radius 2 is 2.26 bits per heavy atom. The normalized spacial score (nSPS) is 16.0. The van der Waals surface area contributed by atoms with Crippen LogP contribution in [0.15, 0.2) is 51.9 Å². The number of hydrazone groups is 1. The Balaban J connectivity index is 3.06. The second-order valence-corrected chi connectivity index (χ2v) is 5.54. The number of hydrogen-bond donors (Lipinski definition) is 2. The van der Waals surface area contributed by atoms with Crippen LogP contribution in [0.4, 0.5) is 0 Å². The first-order valence-corrected chi connectivity index (χ1v) is 7.40. The smallest absolute Gasteiger partial charge is 0.257 e. The summed E-state index contributed by atoms with van der Waals surface area (Å²) >= 11 is 6.22. The van der Waals surface area contributed by atoms with Crippen LogP contribution in [-0.4, -0.2) is 43.4 Å². The van der Waals surface area contributed by atoms with E-state index in [0.717, 1.165) is 0 Å². The van der Waals surface area contributed by atoms with E-state index in [9.17, 15) is 9.59 Å². The average molecular weight is 337 g/mol. The number of amides is 1. The van der Waals surface area contributed by atoms with Crippen molar-refractivity contribution in [2.45, 2.75) is 13.3 Å². The van der Waals surface area contributed by atoms with Gasteiger partial charge in [-0.1, -0.05) is 30.3 Å². The van der Waals surface area contributed by atoms with E-state index in [-0.39, 0.29) is 12.3 Å². The van der Waals surface area contributed by atoms with Crippen molar-refractivity contribution < 1.29 is 9.59 Å². The van der Waals surface area contributed by atoms with E-state index < -0.39 is 0 Å². The predicted octanol–water partition coefficient (Wildman–Crippen LogP) is 1.68. The number of allylic oxidation sites excluding steroid dienone is 2. The molecule has 0 unspecified atom stereocenters. The molecule has 0 spiro atoms. The second kappa shape index (κ2) is 9.07.